The lowest BCUT2D eigenvalue weighted by atomic mass is 10.1. The van der Waals surface area contributed by atoms with Gasteiger partial charge in [0, 0.05) is 0 Å². The summed E-state index contributed by atoms with van der Waals surface area (Å²) in [6, 6.07) is 1.53. The third-order valence-electron chi connectivity index (χ3n) is 2.25. The number of rotatable bonds is 3. The average Bonchev–Trinajstić information content (AvgIpc) is 2.37. The van der Waals surface area contributed by atoms with Crippen LogP contribution in [-0.2, 0) is 4.79 Å². The zero-order chi connectivity index (χ0) is 13.9. The van der Waals surface area contributed by atoms with Gasteiger partial charge in [-0.25, -0.2) is 13.2 Å². The summed E-state index contributed by atoms with van der Waals surface area (Å²) >= 11 is 0. The number of amidine groups is 1. The zero-order valence-electron chi connectivity index (χ0n) is 9.25. The first-order chi connectivity index (χ1) is 8.38. The van der Waals surface area contributed by atoms with E-state index in [1.165, 1.54) is 6.92 Å². The van der Waals surface area contributed by atoms with Gasteiger partial charge in [0.2, 0.25) is 5.91 Å². The zero-order valence-corrected chi connectivity index (χ0v) is 9.25. The molecular weight excluding hydrogens is 251 g/mol. The summed E-state index contributed by atoms with van der Waals surface area (Å²) in [5, 5.41) is 13.0. The van der Waals surface area contributed by atoms with Crippen LogP contribution in [0.25, 0.3) is 0 Å². The lowest BCUT2D eigenvalue weighted by Crippen LogP contribution is -2.32. The second-order valence-corrected chi connectivity index (χ2v) is 3.46. The van der Waals surface area contributed by atoms with Crippen LogP contribution < -0.4 is 11.1 Å². The second kappa shape index (κ2) is 5.39. The quantitative estimate of drug-likeness (QED) is 0.253. The molecule has 18 heavy (non-hydrogen) atoms. The number of nitrogens with zero attached hydrogens (tertiary/aromatic N) is 1. The van der Waals surface area contributed by atoms with Gasteiger partial charge in [0.05, 0.1) is 11.6 Å². The average molecular weight is 261 g/mol. The van der Waals surface area contributed by atoms with Crippen LogP contribution in [0.5, 0.6) is 0 Å². The molecule has 0 aliphatic carbocycles. The maximum Gasteiger partial charge on any atom is 0.235 e. The van der Waals surface area contributed by atoms with Crippen LogP contribution in [0.4, 0.5) is 18.9 Å². The van der Waals surface area contributed by atoms with E-state index in [2.05, 4.69) is 5.16 Å². The third kappa shape index (κ3) is 2.70. The molecule has 0 radical (unpaired) electrons. The molecule has 0 heterocycles. The molecule has 0 spiro atoms. The Bertz CT molecular complexity index is 505. The highest BCUT2D eigenvalue weighted by atomic mass is 19.2. The van der Waals surface area contributed by atoms with Crippen molar-refractivity contribution in [3.8, 4) is 0 Å². The largest absolute Gasteiger partial charge is 0.409 e. The Morgan fingerprint density at radius 3 is 2.56 bits per heavy atom. The number of halogens is 3. The monoisotopic (exact) mass is 261 g/mol. The highest BCUT2D eigenvalue weighted by Gasteiger charge is 2.21. The van der Waals surface area contributed by atoms with E-state index in [1.54, 1.807) is 0 Å². The van der Waals surface area contributed by atoms with Gasteiger partial charge in [0.15, 0.2) is 23.3 Å². The Hall–Kier alpha value is -2.25. The minimum atomic E-state index is -1.69. The minimum absolute atomic E-state index is 0.393. The van der Waals surface area contributed by atoms with Crippen molar-refractivity contribution in [2.24, 2.45) is 16.8 Å². The van der Waals surface area contributed by atoms with Crippen molar-refractivity contribution in [2.45, 2.75) is 6.92 Å². The summed E-state index contributed by atoms with van der Waals surface area (Å²) < 4.78 is 38.7. The molecule has 1 aromatic rings. The number of anilines is 1. The summed E-state index contributed by atoms with van der Waals surface area (Å²) in [6.07, 6.45) is 0. The van der Waals surface area contributed by atoms with E-state index in [-0.39, 0.29) is 0 Å². The van der Waals surface area contributed by atoms with E-state index in [4.69, 9.17) is 10.9 Å². The molecule has 0 saturated heterocycles. The van der Waals surface area contributed by atoms with E-state index in [0.29, 0.717) is 6.07 Å². The van der Waals surface area contributed by atoms with Crippen molar-refractivity contribution >= 4 is 17.4 Å². The standard InChI is InChI=1S/C10H10F3N3O2/c1-4(9(14)16-18)10(17)15-6-3-2-5(11)7(12)8(6)13/h2-4,18H,1H3,(H2,14,16)(H,15,17). The predicted molar refractivity (Wildman–Crippen MR) is 57.5 cm³/mol. The maximum absolute atomic E-state index is 13.2. The Balaban J connectivity index is 2.93. The molecule has 8 heteroatoms. The van der Waals surface area contributed by atoms with Crippen molar-refractivity contribution in [3.63, 3.8) is 0 Å². The fourth-order valence-corrected chi connectivity index (χ4v) is 1.08. The van der Waals surface area contributed by atoms with Gasteiger partial charge < -0.3 is 16.3 Å². The van der Waals surface area contributed by atoms with Gasteiger partial charge >= 0.3 is 0 Å². The Kier molecular flexibility index (Phi) is 4.13. The SMILES string of the molecule is CC(C(=O)Nc1ccc(F)c(F)c1F)C(N)=NO. The Morgan fingerprint density at radius 2 is 2.00 bits per heavy atom. The first-order valence-corrected chi connectivity index (χ1v) is 4.80. The number of hydrogen-bond acceptors (Lipinski definition) is 3. The Morgan fingerprint density at radius 1 is 1.39 bits per heavy atom. The number of oxime groups is 1. The summed E-state index contributed by atoms with van der Waals surface area (Å²) in [5.74, 6) is -6.84. The van der Waals surface area contributed by atoms with Crippen molar-refractivity contribution in [1.82, 2.24) is 0 Å². The van der Waals surface area contributed by atoms with Crippen molar-refractivity contribution in [1.29, 1.82) is 0 Å². The molecule has 1 unspecified atom stereocenters. The van der Waals surface area contributed by atoms with Crippen LogP contribution in [0, 0.1) is 23.4 Å². The van der Waals surface area contributed by atoms with Gasteiger partial charge in [-0.3, -0.25) is 4.79 Å². The number of nitrogens with two attached hydrogens (primary N) is 1. The summed E-state index contributed by atoms with van der Waals surface area (Å²) in [6.45, 7) is 1.29. The molecule has 0 saturated carbocycles. The lowest BCUT2D eigenvalue weighted by Gasteiger charge is -2.11. The molecule has 0 aliphatic rings. The van der Waals surface area contributed by atoms with E-state index >= 15 is 0 Å². The highest BCUT2D eigenvalue weighted by Crippen LogP contribution is 2.20. The molecule has 5 nitrogen and oxygen atoms in total. The van der Waals surface area contributed by atoms with Crippen molar-refractivity contribution in [3.05, 3.63) is 29.6 Å². The topological polar surface area (TPSA) is 87.7 Å². The smallest absolute Gasteiger partial charge is 0.235 e. The van der Waals surface area contributed by atoms with Crippen LogP contribution in [0.2, 0.25) is 0 Å². The van der Waals surface area contributed by atoms with Crippen molar-refractivity contribution in [2.75, 3.05) is 5.32 Å². The predicted octanol–water partition coefficient (Wildman–Crippen LogP) is 1.42. The van der Waals surface area contributed by atoms with E-state index in [9.17, 15) is 18.0 Å². The molecule has 0 bridgehead atoms. The minimum Gasteiger partial charge on any atom is -0.409 e. The number of hydrogen-bond donors (Lipinski definition) is 3. The number of carbonyl (C=O) groups excluding carboxylic acids is 1. The molecule has 1 aromatic carbocycles. The summed E-state index contributed by atoms with van der Waals surface area (Å²) in [7, 11) is 0. The Labute approximate surface area is 100 Å². The fraction of sp³-hybridized carbons (Fsp3) is 0.200. The van der Waals surface area contributed by atoms with Crippen LogP contribution in [-0.4, -0.2) is 17.0 Å². The highest BCUT2D eigenvalue weighted by molar-refractivity contribution is 6.07. The fourth-order valence-electron chi connectivity index (χ4n) is 1.08. The molecule has 1 atom stereocenters. The molecule has 1 amide bonds. The third-order valence-corrected chi connectivity index (χ3v) is 2.25. The molecular formula is C10H10F3N3O2. The number of carbonyl (C=O) groups is 1. The van der Waals surface area contributed by atoms with Crippen LogP contribution in [0.1, 0.15) is 6.92 Å². The van der Waals surface area contributed by atoms with E-state index in [0.717, 1.165) is 6.07 Å². The molecule has 4 N–H and O–H groups in total. The number of nitrogens with one attached hydrogen (secondary N) is 1. The van der Waals surface area contributed by atoms with E-state index < -0.39 is 40.8 Å². The van der Waals surface area contributed by atoms with Gasteiger partial charge in [-0.2, -0.15) is 0 Å². The second-order valence-electron chi connectivity index (χ2n) is 3.46. The maximum atomic E-state index is 13.2. The van der Waals surface area contributed by atoms with Crippen LogP contribution >= 0.6 is 0 Å². The van der Waals surface area contributed by atoms with Gasteiger partial charge in [-0.1, -0.05) is 5.16 Å². The molecule has 0 aromatic heterocycles. The number of benzene rings is 1. The molecule has 0 aliphatic heterocycles. The first-order valence-electron chi connectivity index (χ1n) is 4.80. The normalized spacial score (nSPS) is 13.2. The summed E-state index contributed by atoms with van der Waals surface area (Å²) in [5.41, 5.74) is 4.64. The lowest BCUT2D eigenvalue weighted by molar-refractivity contribution is -0.117. The van der Waals surface area contributed by atoms with Crippen molar-refractivity contribution < 1.29 is 23.2 Å². The molecule has 98 valence electrons. The first kappa shape index (κ1) is 13.8. The van der Waals surface area contributed by atoms with Gasteiger partial charge in [-0.05, 0) is 19.1 Å². The number of amides is 1. The molecule has 1 rings (SSSR count). The van der Waals surface area contributed by atoms with Crippen LogP contribution in [0.3, 0.4) is 0 Å². The van der Waals surface area contributed by atoms with Gasteiger partial charge in [0.25, 0.3) is 0 Å². The summed E-state index contributed by atoms with van der Waals surface area (Å²) in [4.78, 5) is 11.5. The van der Waals surface area contributed by atoms with Gasteiger partial charge in [-0.15, -0.1) is 0 Å². The molecule has 0 fully saturated rings. The van der Waals surface area contributed by atoms with Crippen LogP contribution in [0.15, 0.2) is 17.3 Å². The van der Waals surface area contributed by atoms with E-state index in [1.807, 2.05) is 5.32 Å². The van der Waals surface area contributed by atoms with Gasteiger partial charge in [0.1, 0.15) is 0 Å².